The van der Waals surface area contributed by atoms with Gasteiger partial charge in [-0.2, -0.15) is 0 Å². The molecule has 2 rings (SSSR count). The van der Waals surface area contributed by atoms with E-state index in [1.54, 1.807) is 0 Å². The third-order valence-corrected chi connectivity index (χ3v) is 2.71. The van der Waals surface area contributed by atoms with Crippen molar-refractivity contribution in [1.82, 2.24) is 0 Å². The first-order valence-corrected chi connectivity index (χ1v) is 4.61. The van der Waals surface area contributed by atoms with Crippen molar-refractivity contribution in [1.29, 1.82) is 0 Å². The highest BCUT2D eigenvalue weighted by Crippen LogP contribution is 2.26. The van der Waals surface area contributed by atoms with Crippen molar-refractivity contribution in [3.05, 3.63) is 34.9 Å². The molecule has 0 radical (unpaired) electrons. The Balaban J connectivity index is 2.56. The molecule has 1 unspecified atom stereocenters. The molecule has 1 aromatic rings. The van der Waals surface area contributed by atoms with Crippen LogP contribution >= 0.6 is 0 Å². The molecule has 74 valence electrons. The number of benzene rings is 1. The van der Waals surface area contributed by atoms with Crippen LogP contribution in [0.3, 0.4) is 0 Å². The van der Waals surface area contributed by atoms with Gasteiger partial charge in [0.15, 0.2) is 17.4 Å². The van der Waals surface area contributed by atoms with Crippen molar-refractivity contribution in [3.63, 3.8) is 0 Å². The molecule has 1 nitrogen and oxygen atoms in total. The van der Waals surface area contributed by atoms with E-state index >= 15 is 0 Å². The second-order valence-electron chi connectivity index (χ2n) is 3.73. The van der Waals surface area contributed by atoms with Crippen LogP contribution in [0.5, 0.6) is 0 Å². The number of carbonyl (C=O) groups excluding carboxylic acids is 1. The SMILES string of the molecule is CC1CCc2cc(F)c(F)cc2C1=O. The van der Waals surface area contributed by atoms with Crippen LogP contribution in [0, 0.1) is 17.6 Å². The Morgan fingerprint density at radius 1 is 1.29 bits per heavy atom. The third kappa shape index (κ3) is 1.33. The maximum atomic E-state index is 12.9. The Bertz CT molecular complexity index is 399. The number of rotatable bonds is 0. The van der Waals surface area contributed by atoms with E-state index in [2.05, 4.69) is 0 Å². The summed E-state index contributed by atoms with van der Waals surface area (Å²) in [5.74, 6) is -1.96. The van der Waals surface area contributed by atoms with E-state index in [1.807, 2.05) is 6.92 Å². The topological polar surface area (TPSA) is 17.1 Å². The van der Waals surface area contributed by atoms with Gasteiger partial charge in [0, 0.05) is 11.5 Å². The summed E-state index contributed by atoms with van der Waals surface area (Å²) in [5.41, 5.74) is 0.981. The van der Waals surface area contributed by atoms with Crippen molar-refractivity contribution in [3.8, 4) is 0 Å². The Labute approximate surface area is 80.7 Å². The fourth-order valence-electron chi connectivity index (χ4n) is 1.79. The van der Waals surface area contributed by atoms with Crippen molar-refractivity contribution < 1.29 is 13.6 Å². The number of hydrogen-bond donors (Lipinski definition) is 0. The standard InChI is InChI=1S/C11H10F2O/c1-6-2-3-7-4-9(12)10(13)5-8(7)11(6)14/h4-6H,2-3H2,1H3. The van der Waals surface area contributed by atoms with Gasteiger partial charge in [0.1, 0.15) is 0 Å². The second kappa shape index (κ2) is 3.15. The van der Waals surface area contributed by atoms with Crippen LogP contribution in [0.15, 0.2) is 12.1 Å². The number of carbonyl (C=O) groups is 1. The molecule has 0 heterocycles. The molecular weight excluding hydrogens is 186 g/mol. The van der Waals surface area contributed by atoms with Crippen LogP contribution in [0.4, 0.5) is 8.78 Å². The van der Waals surface area contributed by atoms with Gasteiger partial charge < -0.3 is 0 Å². The molecule has 0 saturated carbocycles. The minimum atomic E-state index is -0.939. The van der Waals surface area contributed by atoms with Crippen LogP contribution in [-0.2, 0) is 6.42 Å². The second-order valence-corrected chi connectivity index (χ2v) is 3.73. The smallest absolute Gasteiger partial charge is 0.166 e. The number of Topliss-reactive ketones (excluding diaryl/α,β-unsaturated/α-hetero) is 1. The highest BCUT2D eigenvalue weighted by molar-refractivity contribution is 5.99. The normalized spacial score (nSPS) is 20.8. The predicted octanol–water partition coefficient (Wildman–Crippen LogP) is 2.73. The zero-order valence-corrected chi connectivity index (χ0v) is 7.81. The summed E-state index contributed by atoms with van der Waals surface area (Å²) in [4.78, 5) is 11.6. The first-order valence-electron chi connectivity index (χ1n) is 4.61. The average Bonchev–Trinajstić information content (AvgIpc) is 2.15. The number of ketones is 1. The Hall–Kier alpha value is -1.25. The molecular formula is C11H10F2O. The van der Waals surface area contributed by atoms with E-state index in [0.29, 0.717) is 17.5 Å². The highest BCUT2D eigenvalue weighted by Gasteiger charge is 2.25. The molecule has 0 N–H and O–H groups in total. The van der Waals surface area contributed by atoms with E-state index in [1.165, 1.54) is 0 Å². The summed E-state index contributed by atoms with van der Waals surface area (Å²) in [5, 5.41) is 0. The maximum Gasteiger partial charge on any atom is 0.166 e. The quantitative estimate of drug-likeness (QED) is 0.623. The molecule has 0 fully saturated rings. The largest absolute Gasteiger partial charge is 0.294 e. The molecule has 14 heavy (non-hydrogen) atoms. The molecule has 0 amide bonds. The van der Waals surface area contributed by atoms with Gasteiger partial charge in [-0.3, -0.25) is 4.79 Å². The van der Waals surface area contributed by atoms with Gasteiger partial charge in [-0.05, 0) is 30.5 Å². The number of hydrogen-bond acceptors (Lipinski definition) is 1. The summed E-state index contributed by atoms with van der Waals surface area (Å²) in [7, 11) is 0. The minimum Gasteiger partial charge on any atom is -0.294 e. The molecule has 0 aromatic heterocycles. The molecule has 0 spiro atoms. The molecule has 1 aliphatic carbocycles. The van der Waals surface area contributed by atoms with Gasteiger partial charge in [0.05, 0.1) is 0 Å². The van der Waals surface area contributed by atoms with E-state index in [0.717, 1.165) is 18.6 Å². The fraction of sp³-hybridized carbons (Fsp3) is 0.364. The summed E-state index contributed by atoms with van der Waals surface area (Å²) in [6, 6.07) is 2.15. The predicted molar refractivity (Wildman–Crippen MR) is 48.2 cm³/mol. The van der Waals surface area contributed by atoms with Crippen molar-refractivity contribution in [2.24, 2.45) is 5.92 Å². The lowest BCUT2D eigenvalue weighted by molar-refractivity contribution is 0.0913. The van der Waals surface area contributed by atoms with Gasteiger partial charge in [-0.1, -0.05) is 6.92 Å². The van der Waals surface area contributed by atoms with Crippen molar-refractivity contribution in [2.75, 3.05) is 0 Å². The van der Waals surface area contributed by atoms with E-state index in [4.69, 9.17) is 0 Å². The van der Waals surface area contributed by atoms with E-state index in [9.17, 15) is 13.6 Å². The Morgan fingerprint density at radius 2 is 1.93 bits per heavy atom. The van der Waals surface area contributed by atoms with Gasteiger partial charge in [0.25, 0.3) is 0 Å². The molecule has 1 aliphatic rings. The fourth-order valence-corrected chi connectivity index (χ4v) is 1.79. The van der Waals surface area contributed by atoms with Crippen LogP contribution < -0.4 is 0 Å². The lowest BCUT2D eigenvalue weighted by atomic mass is 9.84. The van der Waals surface area contributed by atoms with Gasteiger partial charge >= 0.3 is 0 Å². The Kier molecular flexibility index (Phi) is 2.10. The van der Waals surface area contributed by atoms with Crippen molar-refractivity contribution in [2.45, 2.75) is 19.8 Å². The van der Waals surface area contributed by atoms with Crippen LogP contribution in [0.1, 0.15) is 29.3 Å². The first-order chi connectivity index (χ1) is 6.59. The summed E-state index contributed by atoms with van der Waals surface area (Å²) >= 11 is 0. The monoisotopic (exact) mass is 196 g/mol. The van der Waals surface area contributed by atoms with E-state index < -0.39 is 11.6 Å². The highest BCUT2D eigenvalue weighted by atomic mass is 19.2. The van der Waals surface area contributed by atoms with Gasteiger partial charge in [-0.25, -0.2) is 8.78 Å². The van der Waals surface area contributed by atoms with Crippen LogP contribution in [0.2, 0.25) is 0 Å². The number of halogens is 2. The summed E-state index contributed by atoms with van der Waals surface area (Å²) in [6.07, 6.45) is 1.37. The van der Waals surface area contributed by atoms with Crippen molar-refractivity contribution >= 4 is 5.78 Å². The maximum absolute atomic E-state index is 12.9. The zero-order chi connectivity index (χ0) is 10.3. The lowest BCUT2D eigenvalue weighted by Gasteiger charge is -2.19. The lowest BCUT2D eigenvalue weighted by Crippen LogP contribution is -2.20. The average molecular weight is 196 g/mol. The zero-order valence-electron chi connectivity index (χ0n) is 7.81. The number of aryl methyl sites for hydroxylation is 1. The summed E-state index contributed by atoms with van der Waals surface area (Å²) < 4.78 is 25.7. The molecule has 3 heteroatoms. The number of fused-ring (bicyclic) bond motifs is 1. The molecule has 1 aromatic carbocycles. The Morgan fingerprint density at radius 3 is 2.64 bits per heavy atom. The summed E-state index contributed by atoms with van der Waals surface area (Å²) in [6.45, 7) is 1.81. The van der Waals surface area contributed by atoms with Crippen LogP contribution in [-0.4, -0.2) is 5.78 Å². The third-order valence-electron chi connectivity index (χ3n) is 2.71. The first kappa shape index (κ1) is 9.31. The van der Waals surface area contributed by atoms with Gasteiger partial charge in [0.2, 0.25) is 0 Å². The minimum absolute atomic E-state index is 0.0765. The van der Waals surface area contributed by atoms with Crippen LogP contribution in [0.25, 0.3) is 0 Å². The molecule has 0 bridgehead atoms. The molecule has 1 atom stereocenters. The molecule has 0 aliphatic heterocycles. The van der Waals surface area contributed by atoms with E-state index in [-0.39, 0.29) is 11.7 Å². The molecule has 0 saturated heterocycles. The van der Waals surface area contributed by atoms with Gasteiger partial charge in [-0.15, -0.1) is 0 Å².